The molecule has 13 heavy (non-hydrogen) atoms. The molecule has 2 amide bonds. The molecule has 2 N–H and O–H groups in total. The highest BCUT2D eigenvalue weighted by atomic mass is 32.2. The lowest BCUT2D eigenvalue weighted by atomic mass is 9.91. The normalized spacial score (nSPS) is 38.9. The van der Waals surface area contributed by atoms with Crippen molar-refractivity contribution in [3.05, 3.63) is 0 Å². The van der Waals surface area contributed by atoms with Gasteiger partial charge in [-0.15, -0.1) is 0 Å². The summed E-state index contributed by atoms with van der Waals surface area (Å²) in [6.45, 7) is 2.11. The fourth-order valence-electron chi connectivity index (χ4n) is 2.13. The first-order valence-corrected chi connectivity index (χ1v) is 5.38. The van der Waals surface area contributed by atoms with Gasteiger partial charge in [0.25, 0.3) is 0 Å². The minimum absolute atomic E-state index is 0.202. The number of likely N-dealkylation sites (N-methyl/N-ethyl adjacent to an activating group) is 1. The second-order valence-electron chi connectivity index (χ2n) is 3.53. The Balaban J connectivity index is 2.42. The molecule has 2 heterocycles. The average molecular weight is 199 g/mol. The van der Waals surface area contributed by atoms with Crippen molar-refractivity contribution in [2.24, 2.45) is 10.7 Å². The molecule has 0 radical (unpaired) electrons. The number of aliphatic imine (C=N–C) groups is 1. The number of nitrogens with two attached hydrogens (primary N) is 1. The van der Waals surface area contributed by atoms with Crippen LogP contribution in [-0.4, -0.2) is 40.4 Å². The maximum absolute atomic E-state index is 11.3. The minimum Gasteiger partial charge on any atom is -0.385 e. The van der Waals surface area contributed by atoms with E-state index in [9.17, 15) is 4.79 Å². The Morgan fingerprint density at radius 1 is 1.77 bits per heavy atom. The molecule has 1 fully saturated rings. The van der Waals surface area contributed by atoms with E-state index in [1.807, 2.05) is 11.8 Å². The van der Waals surface area contributed by atoms with E-state index in [1.165, 1.54) is 0 Å². The van der Waals surface area contributed by atoms with E-state index in [4.69, 9.17) is 5.73 Å². The number of carbonyl (C=O) groups is 1. The van der Waals surface area contributed by atoms with Crippen molar-refractivity contribution in [3.63, 3.8) is 0 Å². The fourth-order valence-corrected chi connectivity index (χ4v) is 3.58. The molecule has 72 valence electrons. The number of amidine groups is 1. The molecule has 0 saturated carbocycles. The van der Waals surface area contributed by atoms with Gasteiger partial charge in [0.2, 0.25) is 0 Å². The quantitative estimate of drug-likeness (QED) is 0.624. The number of hydrogen-bond acceptors (Lipinski definition) is 3. The van der Waals surface area contributed by atoms with Gasteiger partial charge in [0.1, 0.15) is 11.4 Å². The predicted molar refractivity (Wildman–Crippen MR) is 54.0 cm³/mol. The maximum Gasteiger partial charge on any atom is 0.345 e. The van der Waals surface area contributed by atoms with Crippen LogP contribution < -0.4 is 5.73 Å². The highest BCUT2D eigenvalue weighted by molar-refractivity contribution is 8.00. The molecule has 0 aromatic carbocycles. The summed E-state index contributed by atoms with van der Waals surface area (Å²) in [4.78, 5) is 16.9. The molecule has 1 saturated heterocycles. The summed E-state index contributed by atoms with van der Waals surface area (Å²) >= 11 is 1.85. The summed E-state index contributed by atoms with van der Waals surface area (Å²) in [6.07, 6.45) is 0.927. The number of urea groups is 1. The zero-order valence-electron chi connectivity index (χ0n) is 7.78. The SMILES string of the molecule is CC1SCCC12C(N)=NC(=O)N2C. The monoisotopic (exact) mass is 199 g/mol. The number of nitrogens with zero attached hydrogens (tertiary/aromatic N) is 2. The van der Waals surface area contributed by atoms with Crippen molar-refractivity contribution in [2.75, 3.05) is 12.8 Å². The topological polar surface area (TPSA) is 58.7 Å². The van der Waals surface area contributed by atoms with E-state index in [-0.39, 0.29) is 11.6 Å². The van der Waals surface area contributed by atoms with Crippen LogP contribution in [0.4, 0.5) is 4.79 Å². The van der Waals surface area contributed by atoms with Gasteiger partial charge in [-0.1, -0.05) is 6.92 Å². The zero-order chi connectivity index (χ0) is 9.64. The van der Waals surface area contributed by atoms with E-state index in [1.54, 1.807) is 11.9 Å². The summed E-state index contributed by atoms with van der Waals surface area (Å²) in [5.41, 5.74) is 5.53. The molecule has 0 bridgehead atoms. The Morgan fingerprint density at radius 2 is 2.46 bits per heavy atom. The van der Waals surface area contributed by atoms with Crippen LogP contribution in [-0.2, 0) is 0 Å². The van der Waals surface area contributed by atoms with E-state index >= 15 is 0 Å². The zero-order valence-corrected chi connectivity index (χ0v) is 8.60. The first kappa shape index (κ1) is 8.87. The van der Waals surface area contributed by atoms with Gasteiger partial charge < -0.3 is 10.6 Å². The van der Waals surface area contributed by atoms with Crippen molar-refractivity contribution in [2.45, 2.75) is 24.1 Å². The molecule has 2 rings (SSSR count). The van der Waals surface area contributed by atoms with Crippen molar-refractivity contribution in [3.8, 4) is 0 Å². The Hall–Kier alpha value is -0.710. The molecule has 2 atom stereocenters. The second-order valence-corrected chi connectivity index (χ2v) is 4.97. The van der Waals surface area contributed by atoms with Crippen LogP contribution in [0.1, 0.15) is 13.3 Å². The van der Waals surface area contributed by atoms with Crippen LogP contribution in [0.5, 0.6) is 0 Å². The lowest BCUT2D eigenvalue weighted by Crippen LogP contribution is -2.56. The number of carbonyl (C=O) groups excluding carboxylic acids is 1. The molecule has 4 nitrogen and oxygen atoms in total. The summed E-state index contributed by atoms with van der Waals surface area (Å²) < 4.78 is 0. The Morgan fingerprint density at radius 3 is 2.85 bits per heavy atom. The van der Waals surface area contributed by atoms with Gasteiger partial charge in [0.05, 0.1) is 0 Å². The van der Waals surface area contributed by atoms with Gasteiger partial charge in [-0.05, 0) is 12.2 Å². The summed E-state index contributed by atoms with van der Waals surface area (Å²) in [6, 6.07) is -0.202. The van der Waals surface area contributed by atoms with Gasteiger partial charge in [-0.2, -0.15) is 16.8 Å². The molecular formula is C8H13N3OS. The van der Waals surface area contributed by atoms with E-state index in [2.05, 4.69) is 11.9 Å². The third-order valence-electron chi connectivity index (χ3n) is 3.07. The Labute approximate surface area is 81.6 Å². The van der Waals surface area contributed by atoms with Crippen LogP contribution in [0.15, 0.2) is 4.99 Å². The predicted octanol–water partition coefficient (Wildman–Crippen LogP) is 0.673. The summed E-state index contributed by atoms with van der Waals surface area (Å²) in [7, 11) is 1.79. The lowest BCUT2D eigenvalue weighted by Gasteiger charge is -2.34. The highest BCUT2D eigenvalue weighted by Gasteiger charge is 2.53. The number of thioether (sulfide) groups is 1. The fraction of sp³-hybridized carbons (Fsp3) is 0.750. The molecule has 5 heteroatoms. The molecule has 2 aliphatic rings. The Kier molecular flexibility index (Phi) is 1.80. The van der Waals surface area contributed by atoms with Gasteiger partial charge in [0, 0.05) is 12.3 Å². The summed E-state index contributed by atoms with van der Waals surface area (Å²) in [5, 5.41) is 0.354. The van der Waals surface area contributed by atoms with Gasteiger partial charge in [0.15, 0.2) is 0 Å². The average Bonchev–Trinajstić information content (AvgIpc) is 2.54. The standard InChI is InChI=1S/C8H13N3OS/c1-5-8(3-4-13-5)6(9)10-7(12)11(8)2/h5H,3-4H2,1-2H3,(H2,9,10,12). The van der Waals surface area contributed by atoms with Crippen molar-refractivity contribution in [1.29, 1.82) is 0 Å². The molecule has 0 aromatic rings. The van der Waals surface area contributed by atoms with Crippen LogP contribution in [0.3, 0.4) is 0 Å². The first-order chi connectivity index (χ1) is 6.09. The van der Waals surface area contributed by atoms with E-state index < -0.39 is 0 Å². The van der Waals surface area contributed by atoms with Crippen molar-refractivity contribution < 1.29 is 4.79 Å². The molecule has 2 aliphatic heterocycles. The number of rotatable bonds is 0. The maximum atomic E-state index is 11.3. The molecule has 2 unspecified atom stereocenters. The second kappa shape index (κ2) is 2.64. The molecule has 0 aliphatic carbocycles. The van der Waals surface area contributed by atoms with Crippen molar-refractivity contribution in [1.82, 2.24) is 4.90 Å². The number of hydrogen-bond donors (Lipinski definition) is 1. The lowest BCUT2D eigenvalue weighted by molar-refractivity contribution is 0.191. The molecule has 1 spiro atoms. The number of amides is 2. The van der Waals surface area contributed by atoms with Crippen LogP contribution in [0, 0.1) is 0 Å². The summed E-state index contributed by atoms with van der Waals surface area (Å²) in [5.74, 6) is 1.55. The largest absolute Gasteiger partial charge is 0.385 e. The van der Waals surface area contributed by atoms with Crippen LogP contribution in [0.25, 0.3) is 0 Å². The first-order valence-electron chi connectivity index (χ1n) is 4.33. The molecular weight excluding hydrogens is 186 g/mol. The Bertz CT molecular complexity index is 291. The van der Waals surface area contributed by atoms with Gasteiger partial charge in [-0.25, -0.2) is 4.79 Å². The molecule has 0 aromatic heterocycles. The van der Waals surface area contributed by atoms with Gasteiger partial charge >= 0.3 is 6.03 Å². The van der Waals surface area contributed by atoms with Gasteiger partial charge in [-0.3, -0.25) is 0 Å². The van der Waals surface area contributed by atoms with Crippen molar-refractivity contribution >= 4 is 23.6 Å². The smallest absolute Gasteiger partial charge is 0.345 e. The van der Waals surface area contributed by atoms with E-state index in [0.717, 1.165) is 12.2 Å². The van der Waals surface area contributed by atoms with E-state index in [0.29, 0.717) is 11.1 Å². The van der Waals surface area contributed by atoms with Crippen LogP contribution >= 0.6 is 11.8 Å². The highest BCUT2D eigenvalue weighted by Crippen LogP contribution is 2.42. The third-order valence-corrected chi connectivity index (χ3v) is 4.40. The van der Waals surface area contributed by atoms with Crippen LogP contribution in [0.2, 0.25) is 0 Å². The third kappa shape index (κ3) is 0.935. The minimum atomic E-state index is -0.290.